The maximum atomic E-state index is 13.2. The maximum Gasteiger partial charge on any atom is 0.321 e. The van der Waals surface area contributed by atoms with Crippen molar-refractivity contribution < 1.29 is 29.5 Å². The molecule has 1 spiro atoms. The van der Waals surface area contributed by atoms with Gasteiger partial charge in [0, 0.05) is 18.7 Å². The van der Waals surface area contributed by atoms with Gasteiger partial charge in [-0.3, -0.25) is 24.9 Å². The lowest BCUT2D eigenvalue weighted by Crippen LogP contribution is -2.63. The first-order valence-electron chi connectivity index (χ1n) is 10.4. The molecule has 10 nitrogen and oxygen atoms in total. The van der Waals surface area contributed by atoms with E-state index in [-0.39, 0.29) is 36.9 Å². The summed E-state index contributed by atoms with van der Waals surface area (Å²) in [4.78, 5) is 50.5. The van der Waals surface area contributed by atoms with Crippen molar-refractivity contribution in [3.63, 3.8) is 0 Å². The average Bonchev–Trinajstić information content (AvgIpc) is 3.29. The predicted molar refractivity (Wildman–Crippen MR) is 100 cm³/mol. The number of carbonyl (C=O) groups is 4. The molecule has 2 aliphatic heterocycles. The number of hydrogen-bond acceptors (Lipinski definition) is 6. The van der Waals surface area contributed by atoms with Crippen molar-refractivity contribution in [1.29, 1.82) is 0 Å². The van der Waals surface area contributed by atoms with Gasteiger partial charge in [0.05, 0.1) is 12.5 Å². The number of unbranched alkanes of at least 4 members (excludes halogenated alkanes) is 1. The van der Waals surface area contributed by atoms with E-state index < -0.39 is 23.9 Å². The van der Waals surface area contributed by atoms with Crippen molar-refractivity contribution in [2.45, 2.75) is 62.9 Å². The molecule has 1 aliphatic carbocycles. The minimum absolute atomic E-state index is 0.0428. The number of aliphatic hydroxyl groups excluding tert-OH is 1. The number of carbonyl (C=O) groups excluding carboxylic acids is 4. The van der Waals surface area contributed by atoms with E-state index in [4.69, 9.17) is 5.11 Å². The zero-order chi connectivity index (χ0) is 21.0. The summed E-state index contributed by atoms with van der Waals surface area (Å²) < 4.78 is 0. The molecular weight excluding hydrogens is 380 g/mol. The number of rotatable bonds is 8. The molecule has 2 heterocycles. The largest absolute Gasteiger partial charge is 0.396 e. The second kappa shape index (κ2) is 9.08. The Balaban J connectivity index is 1.69. The van der Waals surface area contributed by atoms with Crippen molar-refractivity contribution in [2.75, 3.05) is 19.7 Å². The first kappa shape index (κ1) is 21.5. The van der Waals surface area contributed by atoms with Crippen LogP contribution >= 0.6 is 0 Å². The van der Waals surface area contributed by atoms with Gasteiger partial charge in [0.1, 0.15) is 6.04 Å². The Bertz CT molecular complexity index is 659. The maximum absolute atomic E-state index is 13.2. The highest BCUT2D eigenvalue weighted by Crippen LogP contribution is 2.54. The van der Waals surface area contributed by atoms with Gasteiger partial charge in [0.15, 0.2) is 0 Å². The molecule has 4 atom stereocenters. The lowest BCUT2D eigenvalue weighted by atomic mass is 9.74. The summed E-state index contributed by atoms with van der Waals surface area (Å²) in [6, 6.07) is -1.34. The van der Waals surface area contributed by atoms with Gasteiger partial charge >= 0.3 is 6.03 Å². The lowest BCUT2D eigenvalue weighted by Gasteiger charge is -2.49. The fraction of sp³-hybridized carbons (Fsp3) is 0.789. The molecule has 0 aromatic heterocycles. The number of amides is 5. The second-order valence-corrected chi connectivity index (χ2v) is 8.29. The van der Waals surface area contributed by atoms with Crippen LogP contribution in [-0.4, -0.2) is 75.8 Å². The molecular formula is C19H30N4O6. The van der Waals surface area contributed by atoms with E-state index in [9.17, 15) is 24.4 Å². The van der Waals surface area contributed by atoms with Crippen LogP contribution in [0.4, 0.5) is 4.79 Å². The fourth-order valence-corrected chi connectivity index (χ4v) is 5.42. The van der Waals surface area contributed by atoms with Crippen LogP contribution < -0.4 is 10.6 Å². The van der Waals surface area contributed by atoms with Crippen LogP contribution in [0.3, 0.4) is 0 Å². The van der Waals surface area contributed by atoms with Gasteiger partial charge < -0.3 is 15.3 Å². The summed E-state index contributed by atoms with van der Waals surface area (Å²) in [6.45, 7) is 0.297. The van der Waals surface area contributed by atoms with Gasteiger partial charge in [-0.1, -0.05) is 6.42 Å². The summed E-state index contributed by atoms with van der Waals surface area (Å²) in [5.74, 6) is -1.06. The lowest BCUT2D eigenvalue weighted by molar-refractivity contribution is -0.166. The Kier molecular flexibility index (Phi) is 6.74. The van der Waals surface area contributed by atoms with Gasteiger partial charge in [-0.05, 0) is 50.9 Å². The molecule has 3 rings (SSSR count). The standard InChI is InChI=1S/C19H30N4O6/c24-9-2-1-8-20-18(28)21-16(26)15-5-7-19-6-3-4-14(19)10-13(11-22(29)12-25)17(27)23(15)19/h12-15,24,29H,1-11H2,(H2,20,21,26,28)/t13-,14?,15+,19?/m1/s1. The highest BCUT2D eigenvalue weighted by molar-refractivity contribution is 5.99. The zero-order valence-electron chi connectivity index (χ0n) is 16.5. The van der Waals surface area contributed by atoms with Crippen LogP contribution in [0.5, 0.6) is 0 Å². The Morgan fingerprint density at radius 2 is 2.07 bits per heavy atom. The normalized spacial score (nSPS) is 30.5. The molecule has 3 aliphatic rings. The summed E-state index contributed by atoms with van der Waals surface area (Å²) in [5, 5.41) is 23.7. The number of nitrogens with one attached hydrogen (secondary N) is 2. The predicted octanol–water partition coefficient (Wildman–Crippen LogP) is -0.0179. The molecule has 0 bridgehead atoms. The molecule has 5 amide bonds. The van der Waals surface area contributed by atoms with Crippen molar-refractivity contribution in [1.82, 2.24) is 20.6 Å². The first-order chi connectivity index (χ1) is 13.9. The van der Waals surface area contributed by atoms with Crippen molar-refractivity contribution in [3.8, 4) is 0 Å². The van der Waals surface area contributed by atoms with Gasteiger partial charge in [-0.2, -0.15) is 0 Å². The topological polar surface area (TPSA) is 139 Å². The van der Waals surface area contributed by atoms with Gasteiger partial charge in [0.2, 0.25) is 12.3 Å². The van der Waals surface area contributed by atoms with E-state index in [0.717, 1.165) is 25.7 Å². The highest BCUT2D eigenvalue weighted by atomic mass is 16.5. The summed E-state index contributed by atoms with van der Waals surface area (Å²) in [5.41, 5.74) is -0.353. The number of hydroxylamine groups is 2. The van der Waals surface area contributed by atoms with Crippen LogP contribution in [0.1, 0.15) is 51.4 Å². The number of hydrogen-bond donors (Lipinski definition) is 4. The highest BCUT2D eigenvalue weighted by Gasteiger charge is 2.61. The van der Waals surface area contributed by atoms with Crippen LogP contribution in [-0.2, 0) is 14.4 Å². The van der Waals surface area contributed by atoms with Gasteiger partial charge in [-0.25, -0.2) is 9.86 Å². The monoisotopic (exact) mass is 410 g/mol. The molecule has 0 aromatic rings. The molecule has 29 heavy (non-hydrogen) atoms. The number of aliphatic hydroxyl groups is 1. The SMILES string of the molecule is O=CN(O)C[C@H]1CC2CCCC23CC[C@@H](C(=O)NC(=O)NCCCCO)N3C1=O. The fourth-order valence-electron chi connectivity index (χ4n) is 5.42. The zero-order valence-corrected chi connectivity index (χ0v) is 16.5. The van der Waals surface area contributed by atoms with Crippen molar-refractivity contribution >= 4 is 24.3 Å². The minimum Gasteiger partial charge on any atom is -0.396 e. The molecule has 2 unspecified atom stereocenters. The van der Waals surface area contributed by atoms with E-state index in [1.165, 1.54) is 0 Å². The second-order valence-electron chi connectivity index (χ2n) is 8.29. The first-order valence-corrected chi connectivity index (χ1v) is 10.4. The number of nitrogens with zero attached hydrogens (tertiary/aromatic N) is 2. The average molecular weight is 410 g/mol. The molecule has 0 radical (unpaired) electrons. The molecule has 2 saturated heterocycles. The third-order valence-corrected chi connectivity index (χ3v) is 6.66. The third kappa shape index (κ3) is 4.23. The minimum atomic E-state index is -0.725. The molecule has 3 fully saturated rings. The van der Waals surface area contributed by atoms with E-state index >= 15 is 0 Å². The van der Waals surface area contributed by atoms with E-state index in [2.05, 4.69) is 10.6 Å². The van der Waals surface area contributed by atoms with Crippen LogP contribution in [0.2, 0.25) is 0 Å². The van der Waals surface area contributed by atoms with Gasteiger partial charge in [0.25, 0.3) is 5.91 Å². The smallest absolute Gasteiger partial charge is 0.321 e. The Morgan fingerprint density at radius 1 is 1.28 bits per heavy atom. The molecule has 1 saturated carbocycles. The summed E-state index contributed by atoms with van der Waals surface area (Å²) >= 11 is 0. The molecule has 10 heteroatoms. The third-order valence-electron chi connectivity index (χ3n) is 6.66. The van der Waals surface area contributed by atoms with Crippen molar-refractivity contribution in [2.24, 2.45) is 11.8 Å². The van der Waals surface area contributed by atoms with Crippen molar-refractivity contribution in [3.05, 3.63) is 0 Å². The van der Waals surface area contributed by atoms with E-state index in [1.807, 2.05) is 0 Å². The number of piperidine rings is 1. The van der Waals surface area contributed by atoms with Crippen LogP contribution in [0.25, 0.3) is 0 Å². The quantitative estimate of drug-likeness (QED) is 0.192. The summed E-state index contributed by atoms with van der Waals surface area (Å²) in [7, 11) is 0. The number of urea groups is 1. The van der Waals surface area contributed by atoms with E-state index in [1.54, 1.807) is 4.90 Å². The number of imide groups is 1. The van der Waals surface area contributed by atoms with Gasteiger partial charge in [-0.15, -0.1) is 0 Å². The Labute approximate surface area is 169 Å². The van der Waals surface area contributed by atoms with E-state index in [0.29, 0.717) is 37.3 Å². The Hall–Kier alpha value is -2.20. The molecule has 162 valence electrons. The molecule has 0 aromatic carbocycles. The van der Waals surface area contributed by atoms with Crippen LogP contribution in [0.15, 0.2) is 0 Å². The van der Waals surface area contributed by atoms with Crippen LogP contribution in [0, 0.1) is 11.8 Å². The summed E-state index contributed by atoms with van der Waals surface area (Å²) in [6.07, 6.45) is 6.02. The molecule has 4 N–H and O–H groups in total. The Morgan fingerprint density at radius 3 is 2.79 bits per heavy atom.